The highest BCUT2D eigenvalue weighted by molar-refractivity contribution is 6.30. The summed E-state index contributed by atoms with van der Waals surface area (Å²) in [5.41, 5.74) is 2.69. The Morgan fingerprint density at radius 1 is 1.22 bits per heavy atom. The quantitative estimate of drug-likeness (QED) is 0.796. The van der Waals surface area contributed by atoms with Crippen LogP contribution in [0.1, 0.15) is 34.2 Å². The summed E-state index contributed by atoms with van der Waals surface area (Å²) < 4.78 is 0. The van der Waals surface area contributed by atoms with E-state index in [1.165, 1.54) is 0 Å². The molecule has 0 spiro atoms. The summed E-state index contributed by atoms with van der Waals surface area (Å²) in [6, 6.07) is 8.65. The Bertz CT molecular complexity index is 579. The van der Waals surface area contributed by atoms with Gasteiger partial charge in [-0.25, -0.2) is 0 Å². The number of hydrogen-bond donors (Lipinski definition) is 0. The zero-order valence-electron chi connectivity index (χ0n) is 10.3. The lowest BCUT2D eigenvalue weighted by Gasteiger charge is -2.06. The highest BCUT2D eigenvalue weighted by atomic mass is 35.5. The molecule has 1 heterocycles. The first-order chi connectivity index (χ1) is 8.61. The van der Waals surface area contributed by atoms with Gasteiger partial charge in [0.25, 0.3) is 0 Å². The van der Waals surface area contributed by atoms with Gasteiger partial charge in [0.15, 0.2) is 5.78 Å². The summed E-state index contributed by atoms with van der Waals surface area (Å²) >= 11 is 5.81. The lowest BCUT2D eigenvalue weighted by molar-refractivity contribution is 0.103. The van der Waals surface area contributed by atoms with Gasteiger partial charge in [0, 0.05) is 16.1 Å². The summed E-state index contributed by atoms with van der Waals surface area (Å²) in [6.45, 7) is 3.78. The van der Waals surface area contributed by atoms with Crippen LogP contribution in [-0.2, 0) is 6.42 Å². The van der Waals surface area contributed by atoms with Crippen molar-refractivity contribution in [3.05, 3.63) is 57.9 Å². The van der Waals surface area contributed by atoms with Crippen molar-refractivity contribution in [2.75, 3.05) is 0 Å². The van der Waals surface area contributed by atoms with E-state index in [-0.39, 0.29) is 5.78 Å². The number of halogens is 1. The number of rotatable bonds is 3. The van der Waals surface area contributed by atoms with Crippen molar-refractivity contribution in [1.82, 2.24) is 10.2 Å². The fourth-order valence-electron chi connectivity index (χ4n) is 1.73. The molecule has 1 aromatic carbocycles. The largest absolute Gasteiger partial charge is 0.289 e. The molecule has 0 saturated heterocycles. The van der Waals surface area contributed by atoms with Crippen molar-refractivity contribution < 1.29 is 4.79 Å². The van der Waals surface area contributed by atoms with E-state index in [2.05, 4.69) is 10.2 Å². The molecule has 0 radical (unpaired) electrons. The molecule has 2 rings (SSSR count). The third-order valence-electron chi connectivity index (χ3n) is 2.68. The van der Waals surface area contributed by atoms with E-state index < -0.39 is 0 Å². The number of nitrogens with zero attached hydrogens (tertiary/aromatic N) is 2. The van der Waals surface area contributed by atoms with Crippen molar-refractivity contribution in [3.8, 4) is 0 Å². The lowest BCUT2D eigenvalue weighted by atomic mass is 10.0. The Morgan fingerprint density at radius 2 is 1.89 bits per heavy atom. The summed E-state index contributed by atoms with van der Waals surface area (Å²) in [5, 5.41) is 8.66. The maximum Gasteiger partial charge on any atom is 0.194 e. The minimum atomic E-state index is -0.0403. The number of aromatic nitrogens is 2. The molecule has 0 aliphatic rings. The van der Waals surface area contributed by atoms with Crippen LogP contribution >= 0.6 is 11.6 Å². The summed E-state index contributed by atoms with van der Waals surface area (Å²) in [5.74, 6) is -0.0403. The zero-order chi connectivity index (χ0) is 13.1. The van der Waals surface area contributed by atoms with Gasteiger partial charge in [-0.05, 0) is 43.7 Å². The second-order valence-corrected chi connectivity index (χ2v) is 4.47. The van der Waals surface area contributed by atoms with Gasteiger partial charge >= 0.3 is 0 Å². The van der Waals surface area contributed by atoms with Crippen LogP contribution < -0.4 is 0 Å². The maximum absolute atomic E-state index is 12.4. The molecule has 0 amide bonds. The van der Waals surface area contributed by atoms with Gasteiger partial charge in [0.1, 0.15) is 0 Å². The van der Waals surface area contributed by atoms with Gasteiger partial charge in [0.05, 0.1) is 11.4 Å². The summed E-state index contributed by atoms with van der Waals surface area (Å²) in [6.07, 6.45) is 0.682. The third-order valence-corrected chi connectivity index (χ3v) is 2.93. The van der Waals surface area contributed by atoms with E-state index in [9.17, 15) is 4.79 Å². The van der Waals surface area contributed by atoms with Gasteiger partial charge in [-0.1, -0.05) is 18.5 Å². The van der Waals surface area contributed by atoms with Crippen LogP contribution in [0.5, 0.6) is 0 Å². The first-order valence-corrected chi connectivity index (χ1v) is 6.13. The normalized spacial score (nSPS) is 10.4. The van der Waals surface area contributed by atoms with Crippen molar-refractivity contribution in [2.45, 2.75) is 20.3 Å². The summed E-state index contributed by atoms with van der Waals surface area (Å²) in [4.78, 5) is 12.4. The number of carbonyl (C=O) groups is 1. The number of benzene rings is 1. The Morgan fingerprint density at radius 3 is 2.50 bits per heavy atom. The molecule has 0 saturated carbocycles. The average molecular weight is 261 g/mol. The van der Waals surface area contributed by atoms with Gasteiger partial charge in [-0.15, -0.1) is 0 Å². The predicted molar refractivity (Wildman–Crippen MR) is 71.0 cm³/mol. The Hall–Kier alpha value is -1.74. The molecule has 3 nitrogen and oxygen atoms in total. The van der Waals surface area contributed by atoms with E-state index in [4.69, 9.17) is 11.6 Å². The SMILES string of the molecule is CCc1nnc(C)cc1C(=O)c1ccc(Cl)cc1. The van der Waals surface area contributed by atoms with Crippen LogP contribution in [0.15, 0.2) is 30.3 Å². The fourth-order valence-corrected chi connectivity index (χ4v) is 1.85. The van der Waals surface area contributed by atoms with Crippen LogP contribution in [0.25, 0.3) is 0 Å². The smallest absolute Gasteiger partial charge is 0.194 e. The van der Waals surface area contributed by atoms with Crippen molar-refractivity contribution in [3.63, 3.8) is 0 Å². The van der Waals surface area contributed by atoms with E-state index in [1.807, 2.05) is 13.8 Å². The van der Waals surface area contributed by atoms with Crippen LogP contribution in [0, 0.1) is 6.92 Å². The van der Waals surface area contributed by atoms with E-state index in [0.717, 1.165) is 11.4 Å². The van der Waals surface area contributed by atoms with Crippen LogP contribution in [0.4, 0.5) is 0 Å². The Balaban J connectivity index is 2.45. The minimum Gasteiger partial charge on any atom is -0.289 e. The third kappa shape index (κ3) is 2.57. The number of ketones is 1. The second kappa shape index (κ2) is 5.27. The first-order valence-electron chi connectivity index (χ1n) is 5.75. The van der Waals surface area contributed by atoms with Gasteiger partial charge in [0.2, 0.25) is 0 Å². The molecule has 2 aromatic rings. The molecule has 1 aromatic heterocycles. The van der Waals surface area contributed by atoms with Crippen LogP contribution in [0.2, 0.25) is 5.02 Å². The number of aryl methyl sites for hydroxylation is 2. The average Bonchev–Trinajstić information content (AvgIpc) is 2.39. The molecule has 0 N–H and O–H groups in total. The van der Waals surface area contributed by atoms with Crippen molar-refractivity contribution in [2.24, 2.45) is 0 Å². The predicted octanol–water partition coefficient (Wildman–Crippen LogP) is 3.23. The molecular formula is C14H13ClN2O. The molecule has 0 aliphatic carbocycles. The highest BCUT2D eigenvalue weighted by Crippen LogP contribution is 2.16. The molecule has 0 bridgehead atoms. The van der Waals surface area contributed by atoms with E-state index in [0.29, 0.717) is 22.6 Å². The molecule has 18 heavy (non-hydrogen) atoms. The number of carbonyl (C=O) groups excluding carboxylic acids is 1. The Labute approximate surface area is 111 Å². The minimum absolute atomic E-state index is 0.0403. The summed E-state index contributed by atoms with van der Waals surface area (Å²) in [7, 11) is 0. The van der Waals surface area contributed by atoms with Crippen molar-refractivity contribution >= 4 is 17.4 Å². The topological polar surface area (TPSA) is 42.9 Å². The highest BCUT2D eigenvalue weighted by Gasteiger charge is 2.14. The number of hydrogen-bond acceptors (Lipinski definition) is 3. The molecule has 0 unspecified atom stereocenters. The lowest BCUT2D eigenvalue weighted by Crippen LogP contribution is -2.09. The maximum atomic E-state index is 12.4. The van der Waals surface area contributed by atoms with E-state index >= 15 is 0 Å². The molecule has 0 aliphatic heterocycles. The zero-order valence-corrected chi connectivity index (χ0v) is 11.0. The molecule has 0 atom stereocenters. The first kappa shape index (κ1) is 12.7. The molecule has 0 fully saturated rings. The second-order valence-electron chi connectivity index (χ2n) is 4.04. The molecular weight excluding hydrogens is 248 g/mol. The van der Waals surface area contributed by atoms with Crippen molar-refractivity contribution in [1.29, 1.82) is 0 Å². The van der Waals surface area contributed by atoms with Gasteiger partial charge in [-0.2, -0.15) is 10.2 Å². The van der Waals surface area contributed by atoms with E-state index in [1.54, 1.807) is 30.3 Å². The molecule has 92 valence electrons. The standard InChI is InChI=1S/C14H13ClN2O/c1-3-13-12(8-9(2)16-17-13)14(18)10-4-6-11(15)7-5-10/h4-8H,3H2,1-2H3. The van der Waals surface area contributed by atoms with Gasteiger partial charge in [-0.3, -0.25) is 4.79 Å². The monoisotopic (exact) mass is 260 g/mol. The van der Waals surface area contributed by atoms with Gasteiger partial charge < -0.3 is 0 Å². The Kier molecular flexibility index (Phi) is 3.72. The van der Waals surface area contributed by atoms with Crippen LogP contribution in [-0.4, -0.2) is 16.0 Å². The van der Waals surface area contributed by atoms with Crippen LogP contribution in [0.3, 0.4) is 0 Å². The fraction of sp³-hybridized carbons (Fsp3) is 0.214. The molecule has 4 heteroatoms.